The van der Waals surface area contributed by atoms with Crippen LogP contribution in [0.25, 0.3) is 11.4 Å². The van der Waals surface area contributed by atoms with Crippen molar-refractivity contribution in [2.45, 2.75) is 59.9 Å². The number of carbonyl (C=O) groups excluding carboxylic acids is 2. The summed E-state index contributed by atoms with van der Waals surface area (Å²) in [5.74, 6) is -0.0793. The van der Waals surface area contributed by atoms with Gasteiger partial charge in [-0.15, -0.1) is 0 Å². The predicted octanol–water partition coefficient (Wildman–Crippen LogP) is 3.03. The van der Waals surface area contributed by atoms with Crippen LogP contribution < -0.4 is 15.6 Å². The molecular formula is C23H31N3O5. The SMILES string of the molecule is CCCOc1ccc(C(=O)NC(C)C(=O)OCC)cc1-c1nc(CC)c(CC)c(=O)[nH]1. The van der Waals surface area contributed by atoms with E-state index >= 15 is 0 Å². The Hall–Kier alpha value is -3.16. The summed E-state index contributed by atoms with van der Waals surface area (Å²) in [5.41, 5.74) is 2.00. The standard InChI is InChI=1S/C23H31N3O5/c1-6-12-31-19-11-10-15(21(27)24-14(5)23(29)30-9-4)13-17(19)20-25-18(8-3)16(7-2)22(28)26-20/h10-11,13-14H,6-9,12H2,1-5H3,(H,24,27)(H,25,26,28). The molecule has 0 bridgehead atoms. The highest BCUT2D eigenvalue weighted by atomic mass is 16.5. The van der Waals surface area contributed by atoms with E-state index in [4.69, 9.17) is 9.47 Å². The molecule has 2 aromatic rings. The molecule has 31 heavy (non-hydrogen) atoms. The van der Waals surface area contributed by atoms with Crippen LogP contribution in [0, 0.1) is 0 Å². The van der Waals surface area contributed by atoms with Gasteiger partial charge in [0.05, 0.1) is 24.5 Å². The van der Waals surface area contributed by atoms with Crippen LogP contribution in [0.3, 0.4) is 0 Å². The van der Waals surface area contributed by atoms with Crippen molar-refractivity contribution in [1.29, 1.82) is 0 Å². The number of aromatic nitrogens is 2. The molecule has 1 aromatic carbocycles. The molecule has 1 unspecified atom stereocenters. The third-order valence-electron chi connectivity index (χ3n) is 4.74. The molecule has 1 aromatic heterocycles. The highest BCUT2D eigenvalue weighted by molar-refractivity contribution is 5.98. The maximum Gasteiger partial charge on any atom is 0.328 e. The molecule has 0 saturated carbocycles. The average molecular weight is 430 g/mol. The number of nitrogens with zero attached hydrogens (tertiary/aromatic N) is 1. The Balaban J connectivity index is 2.48. The van der Waals surface area contributed by atoms with Crippen molar-refractivity contribution in [3.8, 4) is 17.1 Å². The highest BCUT2D eigenvalue weighted by Gasteiger charge is 2.20. The summed E-state index contributed by atoms with van der Waals surface area (Å²) in [6, 6.07) is 4.11. The Morgan fingerprint density at radius 2 is 1.90 bits per heavy atom. The van der Waals surface area contributed by atoms with Gasteiger partial charge in [-0.1, -0.05) is 20.8 Å². The number of hydrogen-bond donors (Lipinski definition) is 2. The van der Waals surface area contributed by atoms with Gasteiger partial charge < -0.3 is 19.8 Å². The molecule has 2 rings (SSSR count). The Morgan fingerprint density at radius 1 is 1.16 bits per heavy atom. The minimum atomic E-state index is -0.791. The summed E-state index contributed by atoms with van der Waals surface area (Å²) in [4.78, 5) is 44.6. The van der Waals surface area contributed by atoms with E-state index in [1.54, 1.807) is 32.0 Å². The molecule has 0 spiro atoms. The number of hydrogen-bond acceptors (Lipinski definition) is 6. The highest BCUT2D eigenvalue weighted by Crippen LogP contribution is 2.29. The van der Waals surface area contributed by atoms with Gasteiger partial charge in [-0.3, -0.25) is 9.59 Å². The van der Waals surface area contributed by atoms with Crippen molar-refractivity contribution in [2.75, 3.05) is 13.2 Å². The predicted molar refractivity (Wildman–Crippen MR) is 118 cm³/mol. The van der Waals surface area contributed by atoms with Crippen LogP contribution in [0.1, 0.15) is 62.7 Å². The third kappa shape index (κ3) is 5.93. The number of ether oxygens (including phenoxy) is 2. The zero-order valence-corrected chi connectivity index (χ0v) is 18.8. The van der Waals surface area contributed by atoms with Gasteiger partial charge in [0.1, 0.15) is 17.6 Å². The van der Waals surface area contributed by atoms with Crippen molar-refractivity contribution < 1.29 is 19.1 Å². The topological polar surface area (TPSA) is 110 Å². The number of esters is 1. The van der Waals surface area contributed by atoms with Gasteiger partial charge in [0.15, 0.2) is 0 Å². The monoisotopic (exact) mass is 429 g/mol. The summed E-state index contributed by atoms with van der Waals surface area (Å²) in [5, 5.41) is 2.63. The minimum absolute atomic E-state index is 0.198. The van der Waals surface area contributed by atoms with Crippen molar-refractivity contribution in [1.82, 2.24) is 15.3 Å². The Bertz CT molecular complexity index is 984. The Morgan fingerprint density at radius 3 is 2.52 bits per heavy atom. The summed E-state index contributed by atoms with van der Waals surface area (Å²) >= 11 is 0. The fourth-order valence-corrected chi connectivity index (χ4v) is 3.13. The van der Waals surface area contributed by atoms with Crippen LogP contribution >= 0.6 is 0 Å². The molecule has 1 heterocycles. The number of carbonyl (C=O) groups is 2. The smallest absolute Gasteiger partial charge is 0.328 e. The number of rotatable bonds is 10. The molecule has 0 radical (unpaired) electrons. The van der Waals surface area contributed by atoms with Crippen molar-refractivity contribution >= 4 is 11.9 Å². The maximum absolute atomic E-state index is 12.7. The number of aromatic amines is 1. The Labute approximate surface area is 182 Å². The van der Waals surface area contributed by atoms with Crippen LogP contribution in [0.2, 0.25) is 0 Å². The summed E-state index contributed by atoms with van der Waals surface area (Å²) < 4.78 is 10.8. The van der Waals surface area contributed by atoms with Crippen LogP contribution in [0.5, 0.6) is 5.75 Å². The molecule has 0 saturated heterocycles. The zero-order chi connectivity index (χ0) is 23.0. The van der Waals surface area contributed by atoms with E-state index in [9.17, 15) is 14.4 Å². The van der Waals surface area contributed by atoms with Gasteiger partial charge in [-0.25, -0.2) is 9.78 Å². The first kappa shape index (κ1) is 24.1. The van der Waals surface area contributed by atoms with Gasteiger partial charge in [0.25, 0.3) is 11.5 Å². The number of H-pyrrole nitrogens is 1. The van der Waals surface area contributed by atoms with Gasteiger partial charge in [0, 0.05) is 11.1 Å². The summed E-state index contributed by atoms with van der Waals surface area (Å²) in [6.07, 6.45) is 2.00. The molecule has 0 aliphatic heterocycles. The van der Waals surface area contributed by atoms with Crippen molar-refractivity contribution in [2.24, 2.45) is 0 Å². The number of benzene rings is 1. The number of nitrogens with one attached hydrogen (secondary N) is 2. The second kappa shape index (κ2) is 11.3. The zero-order valence-electron chi connectivity index (χ0n) is 18.8. The summed E-state index contributed by atoms with van der Waals surface area (Å²) in [7, 11) is 0. The molecule has 8 nitrogen and oxygen atoms in total. The van der Waals surface area contributed by atoms with E-state index in [1.807, 2.05) is 20.8 Å². The van der Waals surface area contributed by atoms with Crippen LogP contribution in [0.4, 0.5) is 0 Å². The molecule has 1 atom stereocenters. The third-order valence-corrected chi connectivity index (χ3v) is 4.74. The van der Waals surface area contributed by atoms with Crippen LogP contribution in [-0.2, 0) is 22.4 Å². The first-order valence-electron chi connectivity index (χ1n) is 10.7. The Kier molecular flexibility index (Phi) is 8.78. The van der Waals surface area contributed by atoms with E-state index in [1.165, 1.54) is 0 Å². The fourth-order valence-electron chi connectivity index (χ4n) is 3.13. The lowest BCUT2D eigenvalue weighted by molar-refractivity contribution is -0.144. The quantitative estimate of drug-likeness (QED) is 0.562. The van der Waals surface area contributed by atoms with Crippen LogP contribution in [0.15, 0.2) is 23.0 Å². The molecule has 168 valence electrons. The fraction of sp³-hybridized carbons (Fsp3) is 0.478. The molecule has 2 N–H and O–H groups in total. The first-order chi connectivity index (χ1) is 14.9. The molecule has 0 aliphatic rings. The van der Waals surface area contributed by atoms with Gasteiger partial charge in [-0.05, 0) is 51.3 Å². The van der Waals surface area contributed by atoms with E-state index in [0.717, 1.165) is 6.42 Å². The molecule has 0 fully saturated rings. The number of amides is 1. The molecule has 8 heteroatoms. The van der Waals surface area contributed by atoms with Gasteiger partial charge in [0.2, 0.25) is 0 Å². The van der Waals surface area contributed by atoms with Crippen LogP contribution in [-0.4, -0.2) is 41.1 Å². The van der Waals surface area contributed by atoms with E-state index in [-0.39, 0.29) is 12.2 Å². The largest absolute Gasteiger partial charge is 0.493 e. The number of aryl methyl sites for hydroxylation is 1. The second-order valence-electron chi connectivity index (χ2n) is 7.05. The lowest BCUT2D eigenvalue weighted by Crippen LogP contribution is -2.39. The van der Waals surface area contributed by atoms with Gasteiger partial charge >= 0.3 is 5.97 Å². The van der Waals surface area contributed by atoms with E-state index in [2.05, 4.69) is 15.3 Å². The van der Waals surface area contributed by atoms with Crippen molar-refractivity contribution in [3.63, 3.8) is 0 Å². The maximum atomic E-state index is 12.7. The molecule has 1 amide bonds. The minimum Gasteiger partial charge on any atom is -0.493 e. The molecule has 0 aliphatic carbocycles. The summed E-state index contributed by atoms with van der Waals surface area (Å²) in [6.45, 7) is 9.83. The lowest BCUT2D eigenvalue weighted by atomic mass is 10.1. The van der Waals surface area contributed by atoms with E-state index < -0.39 is 17.9 Å². The average Bonchev–Trinajstić information content (AvgIpc) is 2.76. The second-order valence-corrected chi connectivity index (χ2v) is 7.05. The van der Waals surface area contributed by atoms with Crippen molar-refractivity contribution in [3.05, 3.63) is 45.4 Å². The first-order valence-corrected chi connectivity index (χ1v) is 10.7. The normalized spacial score (nSPS) is 11.6. The molecular weight excluding hydrogens is 398 g/mol. The lowest BCUT2D eigenvalue weighted by Gasteiger charge is -2.15. The van der Waals surface area contributed by atoms with E-state index in [0.29, 0.717) is 53.4 Å². The van der Waals surface area contributed by atoms with Gasteiger partial charge in [-0.2, -0.15) is 0 Å².